The first-order chi connectivity index (χ1) is 14.8. The smallest absolute Gasteiger partial charge is 0.384 e. The maximum atomic E-state index is 11.5. The minimum atomic E-state index is -0.578. The lowest BCUT2D eigenvalue weighted by atomic mass is 9.51. The van der Waals surface area contributed by atoms with Gasteiger partial charge in [0.2, 0.25) is 0 Å². The normalized spacial score (nSPS) is 41.5. The lowest BCUT2D eigenvalue weighted by Gasteiger charge is -2.57. The van der Waals surface area contributed by atoms with Crippen LogP contribution in [-0.4, -0.2) is 24.3 Å². The highest BCUT2D eigenvalue weighted by Crippen LogP contribution is 2.64. The van der Waals surface area contributed by atoms with Crippen LogP contribution in [0.1, 0.15) is 91.9 Å². The Morgan fingerprint density at radius 3 is 2.81 bits per heavy atom. The van der Waals surface area contributed by atoms with Gasteiger partial charge in [-0.3, -0.25) is 0 Å². The standard InChI is InChI=1S/C28H42O3/c1-6-26(29)31-22-17-21-11-13-23-24-14-12-20(10-8-7-9-19(2)3)27(24,4)16-15-25(23)28(21,5)30-18-22/h1,11,19-20,22-25H,7-10,12-18H2,2-5H3. The number of hydrogen-bond acceptors (Lipinski definition) is 3. The lowest BCUT2D eigenvalue weighted by molar-refractivity contribution is -0.170. The predicted molar refractivity (Wildman–Crippen MR) is 124 cm³/mol. The summed E-state index contributed by atoms with van der Waals surface area (Å²) in [5, 5.41) is 0. The minimum Gasteiger partial charge on any atom is -0.450 e. The Hall–Kier alpha value is -1.27. The van der Waals surface area contributed by atoms with Crippen LogP contribution in [0.25, 0.3) is 0 Å². The van der Waals surface area contributed by atoms with Gasteiger partial charge >= 0.3 is 5.97 Å². The molecule has 31 heavy (non-hydrogen) atoms. The summed E-state index contributed by atoms with van der Waals surface area (Å²) in [5.41, 5.74) is 1.65. The molecule has 0 radical (unpaired) electrons. The molecule has 0 bridgehead atoms. The highest BCUT2D eigenvalue weighted by molar-refractivity contribution is 5.87. The number of ether oxygens (including phenoxy) is 2. The van der Waals surface area contributed by atoms with Gasteiger partial charge < -0.3 is 9.47 Å². The van der Waals surface area contributed by atoms with Gasteiger partial charge in [0.1, 0.15) is 6.10 Å². The van der Waals surface area contributed by atoms with E-state index in [0.717, 1.165) is 36.5 Å². The number of carbonyl (C=O) groups excluding carboxylic acids is 1. The van der Waals surface area contributed by atoms with E-state index in [1.165, 1.54) is 56.9 Å². The second-order valence-corrected chi connectivity index (χ2v) is 11.6. The van der Waals surface area contributed by atoms with Crippen LogP contribution < -0.4 is 0 Å². The van der Waals surface area contributed by atoms with E-state index in [9.17, 15) is 4.79 Å². The summed E-state index contributed by atoms with van der Waals surface area (Å²) < 4.78 is 11.9. The van der Waals surface area contributed by atoms with Gasteiger partial charge in [-0.1, -0.05) is 46.1 Å². The zero-order valence-corrected chi connectivity index (χ0v) is 20.1. The Morgan fingerprint density at radius 2 is 2.06 bits per heavy atom. The molecule has 7 unspecified atom stereocenters. The van der Waals surface area contributed by atoms with E-state index in [4.69, 9.17) is 15.9 Å². The molecular weight excluding hydrogens is 384 g/mol. The Bertz CT molecular complexity index is 746. The molecule has 172 valence electrons. The zero-order valence-electron chi connectivity index (χ0n) is 20.1. The van der Waals surface area contributed by atoms with E-state index in [0.29, 0.717) is 17.9 Å². The van der Waals surface area contributed by atoms with Crippen LogP contribution in [0.2, 0.25) is 0 Å². The van der Waals surface area contributed by atoms with Gasteiger partial charge in [-0.25, -0.2) is 4.79 Å². The molecule has 3 nitrogen and oxygen atoms in total. The van der Waals surface area contributed by atoms with Gasteiger partial charge in [0.05, 0.1) is 12.2 Å². The van der Waals surface area contributed by atoms with Gasteiger partial charge in [0.25, 0.3) is 0 Å². The van der Waals surface area contributed by atoms with E-state index >= 15 is 0 Å². The number of terminal acetylenes is 1. The zero-order chi connectivity index (χ0) is 22.2. The largest absolute Gasteiger partial charge is 0.450 e. The van der Waals surface area contributed by atoms with Crippen LogP contribution in [0.5, 0.6) is 0 Å². The molecule has 4 aliphatic rings. The minimum absolute atomic E-state index is 0.196. The number of rotatable bonds is 6. The fourth-order valence-electron chi connectivity index (χ4n) is 7.86. The third kappa shape index (κ3) is 4.22. The molecule has 0 aromatic heterocycles. The lowest BCUT2D eigenvalue weighted by Crippen LogP contribution is -2.56. The van der Waals surface area contributed by atoms with Crippen molar-refractivity contribution in [2.45, 2.75) is 104 Å². The summed E-state index contributed by atoms with van der Waals surface area (Å²) in [6.45, 7) is 10.1. The second-order valence-electron chi connectivity index (χ2n) is 11.6. The maximum absolute atomic E-state index is 11.5. The van der Waals surface area contributed by atoms with Gasteiger partial charge in [-0.15, -0.1) is 6.42 Å². The third-order valence-electron chi connectivity index (χ3n) is 9.61. The summed E-state index contributed by atoms with van der Waals surface area (Å²) in [4.78, 5) is 11.5. The number of hydrogen-bond donors (Lipinski definition) is 0. The Kier molecular flexibility index (Phi) is 6.60. The molecule has 1 saturated heterocycles. The molecule has 2 saturated carbocycles. The number of fused-ring (bicyclic) bond motifs is 5. The average Bonchev–Trinajstić information content (AvgIpc) is 3.07. The van der Waals surface area contributed by atoms with E-state index in [2.05, 4.69) is 39.7 Å². The third-order valence-corrected chi connectivity index (χ3v) is 9.61. The van der Waals surface area contributed by atoms with Crippen LogP contribution in [0, 0.1) is 47.3 Å². The Morgan fingerprint density at radius 1 is 1.26 bits per heavy atom. The Balaban J connectivity index is 1.43. The summed E-state index contributed by atoms with van der Waals surface area (Å²) >= 11 is 0. The van der Waals surface area contributed by atoms with Gasteiger partial charge in [0, 0.05) is 12.3 Å². The van der Waals surface area contributed by atoms with Crippen molar-refractivity contribution in [3.8, 4) is 12.3 Å². The number of carbonyl (C=O) groups is 1. The highest BCUT2D eigenvalue weighted by Gasteiger charge is 2.59. The number of unbranched alkanes of at least 4 members (excludes halogenated alkanes) is 1. The summed E-state index contributed by atoms with van der Waals surface area (Å²) in [5.74, 6) is 5.37. The van der Waals surface area contributed by atoms with Crippen LogP contribution in [0.15, 0.2) is 11.6 Å². The fraction of sp³-hybridized carbons (Fsp3) is 0.821. The van der Waals surface area contributed by atoms with Crippen molar-refractivity contribution in [3.05, 3.63) is 11.6 Å². The molecule has 0 amide bonds. The van der Waals surface area contributed by atoms with Crippen LogP contribution in [0.4, 0.5) is 0 Å². The van der Waals surface area contributed by atoms with E-state index in [1.54, 1.807) is 0 Å². The summed E-state index contributed by atoms with van der Waals surface area (Å²) in [7, 11) is 0. The van der Waals surface area contributed by atoms with Crippen LogP contribution in [0.3, 0.4) is 0 Å². The van der Waals surface area contributed by atoms with Crippen molar-refractivity contribution < 1.29 is 14.3 Å². The maximum Gasteiger partial charge on any atom is 0.384 e. The van der Waals surface area contributed by atoms with E-state index in [1.807, 2.05) is 0 Å². The first-order valence-electron chi connectivity index (χ1n) is 12.8. The van der Waals surface area contributed by atoms with Crippen molar-refractivity contribution in [3.63, 3.8) is 0 Å². The predicted octanol–water partition coefficient (Wildman–Crippen LogP) is 6.32. The average molecular weight is 427 g/mol. The van der Waals surface area contributed by atoms with E-state index in [-0.39, 0.29) is 11.7 Å². The Labute approximate surface area is 189 Å². The molecule has 3 aliphatic carbocycles. The molecule has 3 fully saturated rings. The molecule has 0 aromatic rings. The topological polar surface area (TPSA) is 35.5 Å². The van der Waals surface area contributed by atoms with Crippen LogP contribution >= 0.6 is 0 Å². The SMILES string of the molecule is C#CC(=O)OC1COC2(C)C(=CCC3C2CCC2(C)C(CCCCC(C)C)CCC32)C1. The first kappa shape index (κ1) is 22.9. The van der Waals surface area contributed by atoms with Crippen molar-refractivity contribution in [1.82, 2.24) is 0 Å². The molecule has 4 rings (SSSR count). The van der Waals surface area contributed by atoms with Crippen molar-refractivity contribution >= 4 is 5.97 Å². The molecule has 1 aliphatic heterocycles. The van der Waals surface area contributed by atoms with Crippen LogP contribution in [-0.2, 0) is 14.3 Å². The molecule has 0 aromatic carbocycles. The fourth-order valence-corrected chi connectivity index (χ4v) is 7.86. The molecule has 0 N–H and O–H groups in total. The quantitative estimate of drug-likeness (QED) is 0.164. The van der Waals surface area contributed by atoms with E-state index < -0.39 is 5.97 Å². The van der Waals surface area contributed by atoms with Gasteiger partial charge in [-0.05, 0) is 86.0 Å². The summed E-state index contributed by atoms with van der Waals surface area (Å²) in [6.07, 6.45) is 20.3. The van der Waals surface area contributed by atoms with Gasteiger partial charge in [-0.2, -0.15) is 0 Å². The summed E-state index contributed by atoms with van der Waals surface area (Å²) in [6, 6.07) is 0. The number of esters is 1. The molecule has 0 spiro atoms. The molecule has 1 heterocycles. The molecular formula is C28H42O3. The first-order valence-corrected chi connectivity index (χ1v) is 12.8. The number of allylic oxidation sites excluding steroid dienone is 1. The van der Waals surface area contributed by atoms with Crippen molar-refractivity contribution in [1.29, 1.82) is 0 Å². The van der Waals surface area contributed by atoms with Crippen molar-refractivity contribution in [2.75, 3.05) is 6.61 Å². The molecule has 7 atom stereocenters. The van der Waals surface area contributed by atoms with Gasteiger partial charge in [0.15, 0.2) is 0 Å². The highest BCUT2D eigenvalue weighted by atomic mass is 16.6. The monoisotopic (exact) mass is 426 g/mol. The molecule has 3 heteroatoms. The second kappa shape index (κ2) is 8.93. The van der Waals surface area contributed by atoms with Crippen molar-refractivity contribution in [2.24, 2.45) is 35.0 Å².